The molecule has 0 aromatic heterocycles. The molecule has 0 amide bonds. The van der Waals surface area contributed by atoms with Crippen LogP contribution in [0.15, 0.2) is 24.3 Å². The maximum Gasteiger partial charge on any atom is 0.339 e. The molecule has 0 spiro atoms. The van der Waals surface area contributed by atoms with Gasteiger partial charge < -0.3 is 9.47 Å². The summed E-state index contributed by atoms with van der Waals surface area (Å²) in [5.74, 6) is -0.490. The maximum absolute atomic E-state index is 12.8. The summed E-state index contributed by atoms with van der Waals surface area (Å²) in [6, 6.07) is 6.78. The first kappa shape index (κ1) is 30.2. The highest BCUT2D eigenvalue weighted by Crippen LogP contribution is 2.20. The molecule has 0 radical (unpaired) electrons. The van der Waals surface area contributed by atoms with E-state index in [1.807, 2.05) is 27.7 Å². The van der Waals surface area contributed by atoms with Crippen molar-refractivity contribution in [1.82, 2.24) is 0 Å². The molecule has 34 heavy (non-hydrogen) atoms. The van der Waals surface area contributed by atoms with Crippen molar-refractivity contribution in [2.24, 2.45) is 11.8 Å². The second-order valence-corrected chi connectivity index (χ2v) is 10.3. The zero-order chi connectivity index (χ0) is 25.2. The first-order valence-electron chi connectivity index (χ1n) is 13.9. The number of carbonyl (C=O) groups is 2. The molecular formula is C30H50O4. The van der Waals surface area contributed by atoms with Crippen LogP contribution in [0.2, 0.25) is 0 Å². The van der Waals surface area contributed by atoms with Gasteiger partial charge in [-0.25, -0.2) is 9.59 Å². The summed E-state index contributed by atoms with van der Waals surface area (Å²) < 4.78 is 11.2. The molecule has 0 N–H and O–H groups in total. The van der Waals surface area contributed by atoms with Crippen molar-refractivity contribution in [1.29, 1.82) is 0 Å². The van der Waals surface area contributed by atoms with Gasteiger partial charge in [0.05, 0.1) is 17.7 Å². The van der Waals surface area contributed by atoms with E-state index in [0.717, 1.165) is 12.8 Å². The van der Waals surface area contributed by atoms with E-state index >= 15 is 0 Å². The van der Waals surface area contributed by atoms with Gasteiger partial charge in [-0.05, 0) is 30.4 Å². The Morgan fingerprint density at radius 2 is 1.06 bits per heavy atom. The summed E-state index contributed by atoms with van der Waals surface area (Å²) >= 11 is 0. The van der Waals surface area contributed by atoms with Crippen LogP contribution in [-0.4, -0.2) is 24.6 Å². The first-order chi connectivity index (χ1) is 16.4. The first-order valence-corrected chi connectivity index (χ1v) is 13.9. The van der Waals surface area contributed by atoms with Gasteiger partial charge in [0.25, 0.3) is 0 Å². The molecule has 0 fully saturated rings. The normalized spacial score (nSPS) is 11.4. The lowest BCUT2D eigenvalue weighted by molar-refractivity contribution is 0.00282. The molecule has 4 heteroatoms. The fraction of sp³-hybridized carbons (Fsp3) is 0.733. The molecular weight excluding hydrogens is 424 g/mol. The summed E-state index contributed by atoms with van der Waals surface area (Å²) in [6.45, 7) is 10.8. The number of ether oxygens (including phenoxy) is 2. The topological polar surface area (TPSA) is 52.6 Å². The summed E-state index contributed by atoms with van der Waals surface area (Å²) in [4.78, 5) is 25.4. The van der Waals surface area contributed by atoms with Gasteiger partial charge in [0.15, 0.2) is 0 Å². The quantitative estimate of drug-likeness (QED) is 0.148. The zero-order valence-corrected chi connectivity index (χ0v) is 22.6. The van der Waals surface area contributed by atoms with Crippen molar-refractivity contribution < 1.29 is 19.1 Å². The van der Waals surface area contributed by atoms with Crippen molar-refractivity contribution in [2.75, 3.05) is 6.61 Å². The number of esters is 2. The highest BCUT2D eigenvalue weighted by molar-refractivity contribution is 6.03. The smallest absolute Gasteiger partial charge is 0.339 e. The van der Waals surface area contributed by atoms with Crippen molar-refractivity contribution in [3.63, 3.8) is 0 Å². The number of unbranched alkanes of at least 4 members (excludes halogenated alkanes) is 12. The lowest BCUT2D eigenvalue weighted by Crippen LogP contribution is -2.29. The Morgan fingerprint density at radius 1 is 0.647 bits per heavy atom. The fourth-order valence-corrected chi connectivity index (χ4v) is 4.43. The molecule has 1 aromatic carbocycles. The molecule has 0 aliphatic rings. The molecule has 1 aromatic rings. The standard InChI is InChI=1S/C30H50O4/c1-6-7-8-9-10-11-12-13-14-15-16-17-20-23-33-29(31)26-21-18-19-22-27(26)30(32)34-28(24(2)3)25(4)5/h18-19,21-22,24-25,28H,6-17,20,23H2,1-5H3. The SMILES string of the molecule is CCCCCCCCCCCCCCCOC(=O)c1ccccc1C(=O)OC(C(C)C)C(C)C. The van der Waals surface area contributed by atoms with Crippen LogP contribution in [0, 0.1) is 11.8 Å². The van der Waals surface area contributed by atoms with Crippen molar-refractivity contribution in [3.8, 4) is 0 Å². The van der Waals surface area contributed by atoms with E-state index < -0.39 is 11.9 Å². The van der Waals surface area contributed by atoms with E-state index in [9.17, 15) is 9.59 Å². The van der Waals surface area contributed by atoms with E-state index in [-0.39, 0.29) is 29.1 Å². The molecule has 0 unspecified atom stereocenters. The molecule has 0 aliphatic heterocycles. The van der Waals surface area contributed by atoms with Gasteiger partial charge in [0.1, 0.15) is 6.10 Å². The Bertz CT molecular complexity index is 672. The van der Waals surface area contributed by atoms with Crippen LogP contribution in [0.5, 0.6) is 0 Å². The van der Waals surface area contributed by atoms with Gasteiger partial charge in [-0.1, -0.05) is 124 Å². The van der Waals surface area contributed by atoms with Gasteiger partial charge in [-0.3, -0.25) is 0 Å². The monoisotopic (exact) mass is 474 g/mol. The number of hydrogen-bond acceptors (Lipinski definition) is 4. The summed E-state index contributed by atoms with van der Waals surface area (Å²) in [5.41, 5.74) is 0.567. The van der Waals surface area contributed by atoms with Crippen LogP contribution in [0.25, 0.3) is 0 Å². The van der Waals surface area contributed by atoms with E-state index in [0.29, 0.717) is 6.61 Å². The average molecular weight is 475 g/mol. The molecule has 1 rings (SSSR count). The zero-order valence-electron chi connectivity index (χ0n) is 22.6. The molecule has 0 heterocycles. The second kappa shape index (κ2) is 18.5. The van der Waals surface area contributed by atoms with E-state index in [4.69, 9.17) is 9.47 Å². The van der Waals surface area contributed by atoms with Gasteiger partial charge >= 0.3 is 11.9 Å². The Kier molecular flexibility index (Phi) is 16.4. The molecule has 0 aliphatic carbocycles. The Hall–Kier alpha value is -1.84. The van der Waals surface area contributed by atoms with Gasteiger partial charge in [-0.2, -0.15) is 0 Å². The minimum Gasteiger partial charge on any atom is -0.462 e. The van der Waals surface area contributed by atoms with Gasteiger partial charge in [-0.15, -0.1) is 0 Å². The number of rotatable bonds is 19. The lowest BCUT2D eigenvalue weighted by atomic mass is 9.96. The summed E-state index contributed by atoms with van der Waals surface area (Å²) in [7, 11) is 0. The maximum atomic E-state index is 12.8. The highest BCUT2D eigenvalue weighted by atomic mass is 16.5. The van der Waals surface area contributed by atoms with Crippen molar-refractivity contribution in [2.45, 2.75) is 124 Å². The number of hydrogen-bond donors (Lipinski definition) is 0. The summed E-state index contributed by atoms with van der Waals surface area (Å²) in [5, 5.41) is 0. The van der Waals surface area contributed by atoms with Crippen LogP contribution in [0.1, 0.15) is 139 Å². The Balaban J connectivity index is 2.26. The van der Waals surface area contributed by atoms with Crippen LogP contribution < -0.4 is 0 Å². The van der Waals surface area contributed by atoms with Gasteiger partial charge in [0, 0.05) is 0 Å². The number of carbonyl (C=O) groups excluding carboxylic acids is 2. The lowest BCUT2D eigenvalue weighted by Gasteiger charge is -2.25. The third-order valence-electron chi connectivity index (χ3n) is 6.41. The van der Waals surface area contributed by atoms with Crippen molar-refractivity contribution >= 4 is 11.9 Å². The fourth-order valence-electron chi connectivity index (χ4n) is 4.43. The van der Waals surface area contributed by atoms with Crippen molar-refractivity contribution in [3.05, 3.63) is 35.4 Å². The highest BCUT2D eigenvalue weighted by Gasteiger charge is 2.25. The minimum absolute atomic E-state index is 0.192. The van der Waals surface area contributed by atoms with Crippen LogP contribution in [-0.2, 0) is 9.47 Å². The third kappa shape index (κ3) is 12.6. The molecule has 194 valence electrons. The number of benzene rings is 1. The second-order valence-electron chi connectivity index (χ2n) is 10.3. The largest absolute Gasteiger partial charge is 0.462 e. The van der Waals surface area contributed by atoms with Gasteiger partial charge in [0.2, 0.25) is 0 Å². The van der Waals surface area contributed by atoms with Crippen LogP contribution >= 0.6 is 0 Å². The van der Waals surface area contributed by atoms with E-state index in [1.54, 1.807) is 24.3 Å². The Morgan fingerprint density at radius 3 is 1.50 bits per heavy atom. The van der Waals surface area contributed by atoms with E-state index in [1.165, 1.54) is 70.6 Å². The predicted molar refractivity (Wildman–Crippen MR) is 141 cm³/mol. The molecule has 0 saturated heterocycles. The molecule has 0 bridgehead atoms. The predicted octanol–water partition coefficient (Wildman–Crippen LogP) is 8.77. The summed E-state index contributed by atoms with van der Waals surface area (Å²) in [6.07, 6.45) is 16.4. The van der Waals surface area contributed by atoms with Crippen LogP contribution in [0.4, 0.5) is 0 Å². The average Bonchev–Trinajstić information content (AvgIpc) is 2.82. The van der Waals surface area contributed by atoms with Crippen LogP contribution in [0.3, 0.4) is 0 Å². The van der Waals surface area contributed by atoms with E-state index in [2.05, 4.69) is 6.92 Å². The molecule has 0 saturated carbocycles. The molecule has 0 atom stereocenters. The molecule has 4 nitrogen and oxygen atoms in total. The Labute approximate surface area is 209 Å². The third-order valence-corrected chi connectivity index (χ3v) is 6.41. The minimum atomic E-state index is -0.457.